The van der Waals surface area contributed by atoms with Gasteiger partial charge in [0.05, 0.1) is 12.0 Å². The van der Waals surface area contributed by atoms with E-state index in [2.05, 4.69) is 0 Å². The van der Waals surface area contributed by atoms with Crippen molar-refractivity contribution < 1.29 is 19.8 Å². The van der Waals surface area contributed by atoms with Gasteiger partial charge in [0.2, 0.25) is 5.91 Å². The average molecular weight is 271 g/mol. The van der Waals surface area contributed by atoms with Gasteiger partial charge in [-0.15, -0.1) is 0 Å². The first-order chi connectivity index (χ1) is 8.64. The Morgan fingerprint density at radius 2 is 1.74 bits per heavy atom. The van der Waals surface area contributed by atoms with Gasteiger partial charge in [-0.25, -0.2) is 0 Å². The number of hydrogen-bond acceptors (Lipinski definition) is 3. The maximum atomic E-state index is 12.1. The molecule has 5 nitrogen and oxygen atoms in total. The van der Waals surface area contributed by atoms with E-state index in [-0.39, 0.29) is 18.7 Å². The summed E-state index contributed by atoms with van der Waals surface area (Å²) in [6, 6.07) is 0. The van der Waals surface area contributed by atoms with E-state index in [0.29, 0.717) is 6.54 Å². The van der Waals surface area contributed by atoms with Crippen molar-refractivity contribution in [1.82, 2.24) is 4.90 Å². The predicted octanol–water partition coefficient (Wildman–Crippen LogP) is 1.64. The molecule has 0 spiro atoms. The van der Waals surface area contributed by atoms with Gasteiger partial charge in [0.1, 0.15) is 0 Å². The lowest BCUT2D eigenvalue weighted by Gasteiger charge is -2.31. The van der Waals surface area contributed by atoms with E-state index < -0.39 is 17.0 Å². The van der Waals surface area contributed by atoms with E-state index in [1.807, 2.05) is 0 Å². The number of hydrogen-bond donors (Lipinski definition) is 2. The van der Waals surface area contributed by atoms with Crippen molar-refractivity contribution in [3.8, 4) is 0 Å². The molecule has 0 unspecified atom stereocenters. The zero-order chi connectivity index (χ0) is 14.7. The lowest BCUT2D eigenvalue weighted by molar-refractivity contribution is -0.141. The molecule has 1 aliphatic rings. The zero-order valence-electron chi connectivity index (χ0n) is 12.1. The third-order valence-corrected chi connectivity index (χ3v) is 3.75. The van der Waals surface area contributed by atoms with E-state index in [9.17, 15) is 14.7 Å². The molecule has 0 aliphatic heterocycles. The lowest BCUT2D eigenvalue weighted by atomic mass is 9.85. The first kappa shape index (κ1) is 16.0. The van der Waals surface area contributed by atoms with E-state index >= 15 is 0 Å². The second-order valence-corrected chi connectivity index (χ2v) is 6.59. The molecular formula is C14H25NO4. The maximum absolute atomic E-state index is 12.1. The third-order valence-electron chi connectivity index (χ3n) is 3.75. The van der Waals surface area contributed by atoms with Crippen LogP contribution in [0.3, 0.4) is 0 Å². The number of carbonyl (C=O) groups is 2. The molecule has 0 radical (unpaired) electrons. The summed E-state index contributed by atoms with van der Waals surface area (Å²) < 4.78 is 0. The quantitative estimate of drug-likeness (QED) is 0.770. The van der Waals surface area contributed by atoms with Crippen LogP contribution in [0.4, 0.5) is 0 Å². The molecule has 0 saturated heterocycles. The molecule has 110 valence electrons. The van der Waals surface area contributed by atoms with Crippen LogP contribution in [-0.2, 0) is 9.59 Å². The van der Waals surface area contributed by atoms with Gasteiger partial charge in [0.15, 0.2) is 0 Å². The van der Waals surface area contributed by atoms with Crippen molar-refractivity contribution in [3.05, 3.63) is 0 Å². The maximum Gasteiger partial charge on any atom is 0.303 e. The Morgan fingerprint density at radius 3 is 2.21 bits per heavy atom. The van der Waals surface area contributed by atoms with E-state index in [0.717, 1.165) is 25.7 Å². The third kappa shape index (κ3) is 5.19. The van der Waals surface area contributed by atoms with Crippen LogP contribution in [0.5, 0.6) is 0 Å². The van der Waals surface area contributed by atoms with Crippen molar-refractivity contribution in [2.24, 2.45) is 5.41 Å². The number of carbonyl (C=O) groups excluding carboxylic acids is 1. The van der Waals surface area contributed by atoms with Gasteiger partial charge in [-0.1, -0.05) is 26.7 Å². The summed E-state index contributed by atoms with van der Waals surface area (Å²) in [5, 5.41) is 19.1. The number of aliphatic hydroxyl groups is 1. The Balaban J connectivity index is 2.50. The van der Waals surface area contributed by atoms with Crippen LogP contribution in [-0.4, -0.2) is 46.2 Å². The minimum Gasteiger partial charge on any atom is -0.481 e. The number of rotatable bonds is 6. The second-order valence-electron chi connectivity index (χ2n) is 6.59. The Labute approximate surface area is 114 Å². The normalized spacial score (nSPS) is 18.3. The predicted molar refractivity (Wildman–Crippen MR) is 71.7 cm³/mol. The second kappa shape index (κ2) is 5.90. The fourth-order valence-corrected chi connectivity index (χ4v) is 2.74. The van der Waals surface area contributed by atoms with Crippen molar-refractivity contribution in [2.75, 3.05) is 13.6 Å². The summed E-state index contributed by atoms with van der Waals surface area (Å²) in [7, 11) is 1.68. The van der Waals surface area contributed by atoms with Gasteiger partial charge in [-0.2, -0.15) is 0 Å². The van der Waals surface area contributed by atoms with Crippen LogP contribution in [0.1, 0.15) is 52.4 Å². The summed E-state index contributed by atoms with van der Waals surface area (Å²) in [5.74, 6) is -0.999. The van der Waals surface area contributed by atoms with Crippen molar-refractivity contribution >= 4 is 11.9 Å². The molecule has 1 rings (SSSR count). The fraction of sp³-hybridized carbons (Fsp3) is 0.857. The monoisotopic (exact) mass is 271 g/mol. The molecule has 0 aromatic heterocycles. The molecule has 19 heavy (non-hydrogen) atoms. The van der Waals surface area contributed by atoms with E-state index in [4.69, 9.17) is 5.11 Å². The molecule has 5 heteroatoms. The van der Waals surface area contributed by atoms with E-state index in [1.54, 1.807) is 20.9 Å². The first-order valence-electron chi connectivity index (χ1n) is 6.82. The smallest absolute Gasteiger partial charge is 0.303 e. The number of carboxylic acids is 1. The highest BCUT2D eigenvalue weighted by atomic mass is 16.4. The summed E-state index contributed by atoms with van der Waals surface area (Å²) in [6.07, 6.45) is 3.64. The van der Waals surface area contributed by atoms with E-state index in [1.165, 1.54) is 4.90 Å². The molecule has 0 heterocycles. The first-order valence-corrected chi connectivity index (χ1v) is 6.82. The van der Waals surface area contributed by atoms with Gasteiger partial charge >= 0.3 is 5.97 Å². The standard InChI is InChI=1S/C14H25NO4/c1-13(2,9-12(17)18)8-11(16)15(3)10-14(19)6-4-5-7-14/h19H,4-10H2,1-3H3,(H,17,18). The van der Waals surface area contributed by atoms with Crippen LogP contribution >= 0.6 is 0 Å². The summed E-state index contributed by atoms with van der Waals surface area (Å²) in [4.78, 5) is 24.4. The van der Waals surface area contributed by atoms with Crippen LogP contribution in [0.25, 0.3) is 0 Å². The van der Waals surface area contributed by atoms with Gasteiger partial charge in [0, 0.05) is 20.0 Å². The molecular weight excluding hydrogens is 246 g/mol. The minimum atomic E-state index is -0.894. The number of likely N-dealkylation sites (N-methyl/N-ethyl adjacent to an activating group) is 1. The summed E-state index contributed by atoms with van der Waals surface area (Å²) in [5.41, 5.74) is -1.31. The van der Waals surface area contributed by atoms with Crippen LogP contribution < -0.4 is 0 Å². The van der Waals surface area contributed by atoms with Gasteiger partial charge in [-0.05, 0) is 18.3 Å². The number of nitrogens with zero attached hydrogens (tertiary/aromatic N) is 1. The van der Waals surface area contributed by atoms with Gasteiger partial charge in [-0.3, -0.25) is 9.59 Å². The lowest BCUT2D eigenvalue weighted by Crippen LogP contribution is -2.43. The number of amides is 1. The Hall–Kier alpha value is -1.10. The molecule has 0 aromatic carbocycles. The highest BCUT2D eigenvalue weighted by molar-refractivity contribution is 5.78. The molecule has 1 saturated carbocycles. The molecule has 0 atom stereocenters. The molecule has 2 N–H and O–H groups in total. The molecule has 0 aromatic rings. The summed E-state index contributed by atoms with van der Waals surface area (Å²) in [6.45, 7) is 3.89. The Kier molecular flexibility index (Phi) is 4.96. The van der Waals surface area contributed by atoms with Crippen molar-refractivity contribution in [1.29, 1.82) is 0 Å². The van der Waals surface area contributed by atoms with Crippen LogP contribution in [0, 0.1) is 5.41 Å². The van der Waals surface area contributed by atoms with Gasteiger partial charge < -0.3 is 15.1 Å². The zero-order valence-corrected chi connectivity index (χ0v) is 12.1. The Morgan fingerprint density at radius 1 is 1.21 bits per heavy atom. The van der Waals surface area contributed by atoms with Gasteiger partial charge in [0.25, 0.3) is 0 Å². The van der Waals surface area contributed by atoms with Crippen molar-refractivity contribution in [2.45, 2.75) is 58.0 Å². The van der Waals surface area contributed by atoms with Crippen molar-refractivity contribution in [3.63, 3.8) is 0 Å². The minimum absolute atomic E-state index is 0.0309. The van der Waals surface area contributed by atoms with Crippen LogP contribution in [0.15, 0.2) is 0 Å². The largest absolute Gasteiger partial charge is 0.481 e. The molecule has 1 amide bonds. The SMILES string of the molecule is CN(CC1(O)CCCC1)C(=O)CC(C)(C)CC(=O)O. The number of aliphatic carboxylic acids is 1. The molecule has 1 fully saturated rings. The summed E-state index contributed by atoms with van der Waals surface area (Å²) >= 11 is 0. The highest BCUT2D eigenvalue weighted by Crippen LogP contribution is 2.31. The average Bonchev–Trinajstić information content (AvgIpc) is 2.61. The molecule has 1 aliphatic carbocycles. The molecule has 0 bridgehead atoms. The fourth-order valence-electron chi connectivity index (χ4n) is 2.74. The highest BCUT2D eigenvalue weighted by Gasteiger charge is 2.34. The van der Waals surface area contributed by atoms with Crippen LogP contribution in [0.2, 0.25) is 0 Å². The number of carboxylic acid groups (broad SMARTS) is 1. The topological polar surface area (TPSA) is 77.8 Å². The Bertz CT molecular complexity index is 345.